The van der Waals surface area contributed by atoms with E-state index < -0.39 is 0 Å². The molecule has 0 radical (unpaired) electrons. The molecule has 2 aliphatic heterocycles. The molecule has 1 atom stereocenters. The molecule has 1 spiro atoms. The molecule has 2 fully saturated rings. The Balaban J connectivity index is 0.00000121. The van der Waals surface area contributed by atoms with Gasteiger partial charge in [-0.05, 0) is 58.0 Å². The van der Waals surface area contributed by atoms with Crippen LogP contribution in [0.3, 0.4) is 0 Å². The average molecular weight is 398 g/mol. The first-order valence-electron chi connectivity index (χ1n) is 9.14. The average Bonchev–Trinajstić information content (AvgIpc) is 2.62. The largest absolute Gasteiger partial charge is 0.375 e. The number of benzene rings is 1. The fourth-order valence-electron chi connectivity index (χ4n) is 4.19. The standard InChI is InChI=1S/C20H27N3O.2ClH/c1-23(15-17-7-6-16-4-2-3-5-19(16)22-17)18-8-13-24-20(14-18)9-11-21-12-10-20;;/h2-7,18,21H,8-15H2,1H3;2*1H. The molecule has 1 aromatic carbocycles. The maximum atomic E-state index is 6.21. The lowest BCUT2D eigenvalue weighted by atomic mass is 9.82. The third-order valence-corrected chi connectivity index (χ3v) is 5.67. The molecule has 144 valence electrons. The van der Waals surface area contributed by atoms with Crippen molar-refractivity contribution in [3.8, 4) is 0 Å². The molecule has 0 saturated carbocycles. The maximum absolute atomic E-state index is 6.21. The number of ether oxygens (including phenoxy) is 1. The minimum Gasteiger partial charge on any atom is -0.375 e. The zero-order chi connectivity index (χ0) is 16.4. The number of aromatic nitrogens is 1. The number of piperidine rings is 1. The summed E-state index contributed by atoms with van der Waals surface area (Å²) in [5.41, 5.74) is 2.35. The lowest BCUT2D eigenvalue weighted by Gasteiger charge is -2.46. The van der Waals surface area contributed by atoms with Crippen LogP contribution in [0.25, 0.3) is 10.9 Å². The molecule has 2 aromatic rings. The zero-order valence-corrected chi connectivity index (χ0v) is 17.0. The third-order valence-electron chi connectivity index (χ3n) is 5.67. The summed E-state index contributed by atoms with van der Waals surface area (Å²) in [6.45, 7) is 3.97. The van der Waals surface area contributed by atoms with Gasteiger partial charge in [0, 0.05) is 24.6 Å². The topological polar surface area (TPSA) is 37.4 Å². The highest BCUT2D eigenvalue weighted by Crippen LogP contribution is 2.35. The van der Waals surface area contributed by atoms with Crippen molar-refractivity contribution in [1.82, 2.24) is 15.2 Å². The van der Waals surface area contributed by atoms with Crippen molar-refractivity contribution in [3.05, 3.63) is 42.1 Å². The molecule has 0 amide bonds. The first kappa shape index (κ1) is 21.4. The first-order valence-corrected chi connectivity index (χ1v) is 9.14. The van der Waals surface area contributed by atoms with E-state index in [2.05, 4.69) is 53.7 Å². The van der Waals surface area contributed by atoms with E-state index in [9.17, 15) is 0 Å². The number of hydrogen-bond donors (Lipinski definition) is 1. The van der Waals surface area contributed by atoms with Gasteiger partial charge in [-0.2, -0.15) is 0 Å². The Morgan fingerprint density at radius 1 is 1.15 bits per heavy atom. The van der Waals surface area contributed by atoms with Gasteiger partial charge >= 0.3 is 0 Å². The summed E-state index contributed by atoms with van der Waals surface area (Å²) in [6, 6.07) is 13.3. The van der Waals surface area contributed by atoms with Crippen LogP contribution < -0.4 is 5.32 Å². The van der Waals surface area contributed by atoms with Crippen LogP contribution in [0.15, 0.2) is 36.4 Å². The van der Waals surface area contributed by atoms with Gasteiger partial charge < -0.3 is 10.1 Å². The van der Waals surface area contributed by atoms with E-state index in [1.54, 1.807) is 0 Å². The monoisotopic (exact) mass is 397 g/mol. The minimum atomic E-state index is 0. The summed E-state index contributed by atoms with van der Waals surface area (Å²) in [5, 5.41) is 4.67. The zero-order valence-electron chi connectivity index (χ0n) is 15.3. The fraction of sp³-hybridized carbons (Fsp3) is 0.550. The van der Waals surface area contributed by atoms with Crippen LogP contribution in [0.2, 0.25) is 0 Å². The van der Waals surface area contributed by atoms with Crippen molar-refractivity contribution >= 4 is 35.7 Å². The Bertz CT molecular complexity index is 701. The molecule has 1 unspecified atom stereocenters. The van der Waals surface area contributed by atoms with Gasteiger partial charge in [0.05, 0.1) is 16.8 Å². The van der Waals surface area contributed by atoms with Gasteiger partial charge in [0.15, 0.2) is 0 Å². The van der Waals surface area contributed by atoms with E-state index in [0.717, 1.165) is 63.1 Å². The second-order valence-corrected chi connectivity index (χ2v) is 7.34. The number of nitrogens with one attached hydrogen (secondary N) is 1. The van der Waals surface area contributed by atoms with Crippen LogP contribution in [0.5, 0.6) is 0 Å². The summed E-state index contributed by atoms with van der Waals surface area (Å²) in [7, 11) is 2.24. The van der Waals surface area contributed by atoms with Gasteiger partial charge in [-0.1, -0.05) is 24.3 Å². The molecule has 1 N–H and O–H groups in total. The van der Waals surface area contributed by atoms with Crippen molar-refractivity contribution in [2.24, 2.45) is 0 Å². The Morgan fingerprint density at radius 2 is 1.92 bits per heavy atom. The van der Waals surface area contributed by atoms with Gasteiger partial charge in [-0.3, -0.25) is 9.88 Å². The Morgan fingerprint density at radius 3 is 2.73 bits per heavy atom. The molecule has 2 aliphatic rings. The van der Waals surface area contributed by atoms with Gasteiger partial charge in [-0.25, -0.2) is 0 Å². The molecule has 4 nitrogen and oxygen atoms in total. The summed E-state index contributed by atoms with van der Waals surface area (Å²) in [5.74, 6) is 0. The molecule has 0 bridgehead atoms. The van der Waals surface area contributed by atoms with Crippen molar-refractivity contribution < 1.29 is 4.74 Å². The number of halogens is 2. The summed E-state index contributed by atoms with van der Waals surface area (Å²) >= 11 is 0. The van der Waals surface area contributed by atoms with E-state index in [4.69, 9.17) is 9.72 Å². The van der Waals surface area contributed by atoms with Crippen molar-refractivity contribution in [1.29, 1.82) is 0 Å². The van der Waals surface area contributed by atoms with E-state index in [1.165, 1.54) is 5.39 Å². The van der Waals surface area contributed by atoms with E-state index in [0.29, 0.717) is 6.04 Å². The first-order chi connectivity index (χ1) is 11.7. The molecular weight excluding hydrogens is 369 g/mol. The van der Waals surface area contributed by atoms with Gasteiger partial charge in [0.25, 0.3) is 0 Å². The number of fused-ring (bicyclic) bond motifs is 1. The van der Waals surface area contributed by atoms with Crippen LogP contribution in [-0.4, -0.2) is 48.3 Å². The van der Waals surface area contributed by atoms with Crippen LogP contribution in [0.4, 0.5) is 0 Å². The smallest absolute Gasteiger partial charge is 0.0721 e. The van der Waals surface area contributed by atoms with Gasteiger partial charge in [0.2, 0.25) is 0 Å². The second kappa shape index (κ2) is 9.34. The van der Waals surface area contributed by atoms with Crippen molar-refractivity contribution in [3.63, 3.8) is 0 Å². The highest BCUT2D eigenvalue weighted by molar-refractivity contribution is 5.85. The molecular formula is C20H29Cl2N3O. The molecule has 6 heteroatoms. The normalized spacial score (nSPS) is 22.0. The minimum absolute atomic E-state index is 0. The highest BCUT2D eigenvalue weighted by Gasteiger charge is 2.39. The maximum Gasteiger partial charge on any atom is 0.0721 e. The van der Waals surface area contributed by atoms with Crippen molar-refractivity contribution in [2.45, 2.75) is 43.9 Å². The van der Waals surface area contributed by atoms with Crippen LogP contribution in [0, 0.1) is 0 Å². The fourth-order valence-corrected chi connectivity index (χ4v) is 4.19. The second-order valence-electron chi connectivity index (χ2n) is 7.34. The number of para-hydroxylation sites is 1. The molecule has 3 heterocycles. The highest BCUT2D eigenvalue weighted by atomic mass is 35.5. The lowest BCUT2D eigenvalue weighted by Crippen LogP contribution is -2.52. The number of pyridine rings is 1. The number of nitrogens with zero attached hydrogens (tertiary/aromatic N) is 2. The van der Waals surface area contributed by atoms with Crippen LogP contribution in [-0.2, 0) is 11.3 Å². The van der Waals surface area contributed by atoms with Crippen LogP contribution >= 0.6 is 24.8 Å². The van der Waals surface area contributed by atoms with Crippen LogP contribution in [0.1, 0.15) is 31.4 Å². The Kier molecular flexibility index (Phi) is 7.68. The molecule has 0 aliphatic carbocycles. The lowest BCUT2D eigenvalue weighted by molar-refractivity contribution is -0.119. The Labute approximate surface area is 168 Å². The molecule has 4 rings (SSSR count). The Hall–Kier alpha value is -0.910. The molecule has 1 aromatic heterocycles. The summed E-state index contributed by atoms with van der Waals surface area (Å²) in [4.78, 5) is 7.31. The summed E-state index contributed by atoms with van der Waals surface area (Å²) < 4.78 is 6.21. The van der Waals surface area contributed by atoms with E-state index in [1.807, 2.05) is 0 Å². The molecule has 2 saturated heterocycles. The SMILES string of the molecule is CN(Cc1ccc2ccccc2n1)C1CCOC2(CCNCC2)C1.Cl.Cl. The quantitative estimate of drug-likeness (QED) is 0.853. The van der Waals surface area contributed by atoms with Gasteiger partial charge in [0.1, 0.15) is 0 Å². The van der Waals surface area contributed by atoms with E-state index in [-0.39, 0.29) is 30.4 Å². The predicted molar refractivity (Wildman–Crippen MR) is 112 cm³/mol. The van der Waals surface area contributed by atoms with E-state index >= 15 is 0 Å². The third kappa shape index (κ3) is 4.68. The van der Waals surface area contributed by atoms with Gasteiger partial charge in [-0.15, -0.1) is 24.8 Å². The predicted octanol–water partition coefficient (Wildman–Crippen LogP) is 3.81. The van der Waals surface area contributed by atoms with Crippen molar-refractivity contribution in [2.75, 3.05) is 26.7 Å². The summed E-state index contributed by atoms with van der Waals surface area (Å²) in [6.07, 6.45) is 4.56. The number of hydrogen-bond acceptors (Lipinski definition) is 4. The number of rotatable bonds is 3. The molecule has 26 heavy (non-hydrogen) atoms.